The lowest BCUT2D eigenvalue weighted by molar-refractivity contribution is 0.219. The maximum atomic E-state index is 10.2. The van der Waals surface area contributed by atoms with Gasteiger partial charge in [0, 0.05) is 18.8 Å². The van der Waals surface area contributed by atoms with Gasteiger partial charge in [0.15, 0.2) is 0 Å². The molecule has 1 atom stereocenters. The van der Waals surface area contributed by atoms with Gasteiger partial charge in [0.25, 0.3) is 0 Å². The smallest absolute Gasteiger partial charge is 0.107 e. The van der Waals surface area contributed by atoms with Crippen LogP contribution in [0.2, 0.25) is 10.0 Å². The Bertz CT molecular complexity index is 551. The van der Waals surface area contributed by atoms with Crippen LogP contribution in [0.1, 0.15) is 22.9 Å². The van der Waals surface area contributed by atoms with E-state index in [4.69, 9.17) is 23.2 Å². The highest BCUT2D eigenvalue weighted by atomic mass is 35.5. The first-order chi connectivity index (χ1) is 7.99. The molecule has 1 aromatic carbocycles. The largest absolute Gasteiger partial charge is 0.384 e. The number of aromatic nitrogens is 2. The summed E-state index contributed by atoms with van der Waals surface area (Å²) in [5.74, 6) is 0. The third-order valence-electron chi connectivity index (χ3n) is 2.61. The van der Waals surface area contributed by atoms with Crippen molar-refractivity contribution in [3.8, 4) is 0 Å². The van der Waals surface area contributed by atoms with Crippen LogP contribution in [0.4, 0.5) is 0 Å². The van der Waals surface area contributed by atoms with Crippen LogP contribution in [-0.4, -0.2) is 14.9 Å². The summed E-state index contributed by atoms with van der Waals surface area (Å²) in [5.41, 5.74) is 2.27. The molecule has 0 saturated heterocycles. The van der Waals surface area contributed by atoms with Gasteiger partial charge in [-0.25, -0.2) is 0 Å². The molecule has 17 heavy (non-hydrogen) atoms. The fraction of sp³-hybridized carbons (Fsp3) is 0.250. The molecule has 3 nitrogen and oxygen atoms in total. The predicted molar refractivity (Wildman–Crippen MR) is 68.5 cm³/mol. The minimum atomic E-state index is -0.738. The van der Waals surface area contributed by atoms with E-state index < -0.39 is 6.10 Å². The lowest BCUT2D eigenvalue weighted by Crippen LogP contribution is -2.00. The highest BCUT2D eigenvalue weighted by Gasteiger charge is 2.16. The second-order valence-corrected chi connectivity index (χ2v) is 4.73. The zero-order valence-corrected chi connectivity index (χ0v) is 11.0. The van der Waals surface area contributed by atoms with Gasteiger partial charge in [0.2, 0.25) is 0 Å². The molecular weight excluding hydrogens is 259 g/mol. The number of halogens is 2. The average Bonchev–Trinajstić information content (AvgIpc) is 2.61. The van der Waals surface area contributed by atoms with Crippen LogP contribution in [0.15, 0.2) is 24.4 Å². The Morgan fingerprint density at radius 3 is 2.53 bits per heavy atom. The Morgan fingerprint density at radius 1 is 1.29 bits per heavy atom. The molecule has 0 fully saturated rings. The zero-order chi connectivity index (χ0) is 12.6. The number of nitrogens with zero attached hydrogens (tertiary/aromatic N) is 2. The van der Waals surface area contributed by atoms with Crippen molar-refractivity contribution < 1.29 is 5.11 Å². The SMILES string of the molecule is Cc1nn(C)cc1C(O)c1ccc(Cl)c(Cl)c1. The van der Waals surface area contributed by atoms with Crippen molar-refractivity contribution in [1.29, 1.82) is 0 Å². The Labute approximate surface area is 110 Å². The number of hydrogen-bond donors (Lipinski definition) is 1. The van der Waals surface area contributed by atoms with Gasteiger partial charge in [-0.1, -0.05) is 29.3 Å². The van der Waals surface area contributed by atoms with E-state index in [9.17, 15) is 5.11 Å². The van der Waals surface area contributed by atoms with Gasteiger partial charge in [-0.2, -0.15) is 5.10 Å². The normalized spacial score (nSPS) is 12.8. The van der Waals surface area contributed by atoms with Crippen LogP contribution < -0.4 is 0 Å². The van der Waals surface area contributed by atoms with Crippen LogP contribution in [0.25, 0.3) is 0 Å². The van der Waals surface area contributed by atoms with Crippen molar-refractivity contribution >= 4 is 23.2 Å². The van der Waals surface area contributed by atoms with Crippen molar-refractivity contribution in [2.24, 2.45) is 7.05 Å². The highest BCUT2D eigenvalue weighted by Crippen LogP contribution is 2.29. The topological polar surface area (TPSA) is 38.0 Å². The van der Waals surface area contributed by atoms with Gasteiger partial charge < -0.3 is 5.11 Å². The molecule has 2 rings (SSSR count). The molecular formula is C12H12Cl2N2O. The second-order valence-electron chi connectivity index (χ2n) is 3.92. The molecule has 1 N–H and O–H groups in total. The molecule has 0 aliphatic rings. The highest BCUT2D eigenvalue weighted by molar-refractivity contribution is 6.42. The van der Waals surface area contributed by atoms with E-state index in [1.807, 2.05) is 14.0 Å². The molecule has 0 amide bonds. The quantitative estimate of drug-likeness (QED) is 0.911. The Balaban J connectivity index is 2.40. The monoisotopic (exact) mass is 270 g/mol. The zero-order valence-electron chi connectivity index (χ0n) is 9.48. The summed E-state index contributed by atoms with van der Waals surface area (Å²) in [7, 11) is 1.82. The first-order valence-corrected chi connectivity index (χ1v) is 5.88. The van der Waals surface area contributed by atoms with Crippen LogP contribution in [-0.2, 0) is 7.05 Å². The molecule has 0 saturated carbocycles. The van der Waals surface area contributed by atoms with Crippen LogP contribution in [0.3, 0.4) is 0 Å². The Hall–Kier alpha value is -1.03. The minimum absolute atomic E-state index is 0.435. The second kappa shape index (κ2) is 4.69. The molecule has 0 bridgehead atoms. The molecule has 0 radical (unpaired) electrons. The number of benzene rings is 1. The average molecular weight is 271 g/mol. The van der Waals surface area contributed by atoms with Crippen LogP contribution in [0.5, 0.6) is 0 Å². The number of hydrogen-bond acceptors (Lipinski definition) is 2. The van der Waals surface area contributed by atoms with Gasteiger partial charge in [0.1, 0.15) is 6.10 Å². The summed E-state index contributed by atoms with van der Waals surface area (Å²) in [6, 6.07) is 5.10. The van der Waals surface area contributed by atoms with Gasteiger partial charge >= 0.3 is 0 Å². The van der Waals surface area contributed by atoms with Crippen molar-refractivity contribution in [2.45, 2.75) is 13.0 Å². The van der Waals surface area contributed by atoms with E-state index >= 15 is 0 Å². The van der Waals surface area contributed by atoms with Crippen molar-refractivity contribution in [1.82, 2.24) is 9.78 Å². The standard InChI is InChI=1S/C12H12Cl2N2O/c1-7-9(6-16(2)15-7)12(17)8-3-4-10(13)11(14)5-8/h3-6,12,17H,1-2H3. The number of aliphatic hydroxyl groups excluding tert-OH is 1. The fourth-order valence-corrected chi connectivity index (χ4v) is 2.05. The van der Waals surface area contributed by atoms with Gasteiger partial charge in [0.05, 0.1) is 15.7 Å². The summed E-state index contributed by atoms with van der Waals surface area (Å²) in [5, 5.41) is 15.4. The minimum Gasteiger partial charge on any atom is -0.384 e. The summed E-state index contributed by atoms with van der Waals surface area (Å²) < 4.78 is 1.67. The third kappa shape index (κ3) is 2.46. The molecule has 0 aliphatic heterocycles. The van der Waals surface area contributed by atoms with E-state index in [1.165, 1.54) is 0 Å². The summed E-state index contributed by atoms with van der Waals surface area (Å²) >= 11 is 11.8. The maximum absolute atomic E-state index is 10.2. The molecule has 1 aromatic heterocycles. The van der Waals surface area contributed by atoms with E-state index in [2.05, 4.69) is 5.10 Å². The number of aliphatic hydroxyl groups is 1. The lowest BCUT2D eigenvalue weighted by Gasteiger charge is -2.10. The molecule has 0 spiro atoms. The number of aryl methyl sites for hydroxylation is 2. The van der Waals surface area contributed by atoms with Crippen LogP contribution in [0, 0.1) is 6.92 Å². The number of rotatable bonds is 2. The van der Waals surface area contributed by atoms with Gasteiger partial charge in [-0.15, -0.1) is 0 Å². The Morgan fingerprint density at radius 2 is 2.00 bits per heavy atom. The first kappa shape index (κ1) is 12.4. The molecule has 2 aromatic rings. The molecule has 1 heterocycles. The third-order valence-corrected chi connectivity index (χ3v) is 3.34. The molecule has 90 valence electrons. The molecule has 5 heteroatoms. The lowest BCUT2D eigenvalue weighted by atomic mass is 10.0. The van der Waals surface area contributed by atoms with Crippen LogP contribution >= 0.6 is 23.2 Å². The van der Waals surface area contributed by atoms with Crippen molar-refractivity contribution in [3.05, 3.63) is 51.3 Å². The maximum Gasteiger partial charge on any atom is 0.107 e. The summed E-state index contributed by atoms with van der Waals surface area (Å²) in [4.78, 5) is 0. The fourth-order valence-electron chi connectivity index (χ4n) is 1.75. The van der Waals surface area contributed by atoms with E-state index in [0.29, 0.717) is 15.6 Å². The van der Waals surface area contributed by atoms with Gasteiger partial charge in [-0.3, -0.25) is 4.68 Å². The van der Waals surface area contributed by atoms with Crippen molar-refractivity contribution in [3.63, 3.8) is 0 Å². The molecule has 0 aliphatic carbocycles. The summed E-state index contributed by atoms with van der Waals surface area (Å²) in [6.07, 6.45) is 1.06. The molecule has 1 unspecified atom stereocenters. The van der Waals surface area contributed by atoms with E-state index in [1.54, 1.807) is 29.1 Å². The van der Waals surface area contributed by atoms with Crippen molar-refractivity contribution in [2.75, 3.05) is 0 Å². The van der Waals surface area contributed by atoms with Gasteiger partial charge in [-0.05, 0) is 24.6 Å². The summed E-state index contributed by atoms with van der Waals surface area (Å²) in [6.45, 7) is 1.86. The predicted octanol–water partition coefficient (Wildman–Crippen LogP) is 3.12. The first-order valence-electron chi connectivity index (χ1n) is 5.12. The Kier molecular flexibility index (Phi) is 3.43. The van der Waals surface area contributed by atoms with E-state index in [-0.39, 0.29) is 0 Å². The van der Waals surface area contributed by atoms with E-state index in [0.717, 1.165) is 11.3 Å².